The van der Waals surface area contributed by atoms with Crippen molar-refractivity contribution >= 4 is 73.1 Å². The first-order chi connectivity index (χ1) is 19.8. The van der Waals surface area contributed by atoms with Gasteiger partial charge in [0.1, 0.15) is 30.3 Å². The van der Waals surface area contributed by atoms with Crippen LogP contribution < -0.4 is 19.7 Å². The number of halogens is 3. The van der Waals surface area contributed by atoms with Gasteiger partial charge < -0.3 is 9.47 Å². The van der Waals surface area contributed by atoms with E-state index in [2.05, 4.69) is 37.2 Å². The number of hydrogen-bond acceptors (Lipinski definition) is 5. The molecule has 0 saturated carbocycles. The van der Waals surface area contributed by atoms with E-state index in [9.17, 15) is 14.4 Å². The molecule has 0 aliphatic carbocycles. The van der Waals surface area contributed by atoms with Crippen LogP contribution in [0, 0.1) is 0 Å². The van der Waals surface area contributed by atoms with Crippen LogP contribution in [0.5, 0.6) is 11.5 Å². The maximum atomic E-state index is 13.4. The van der Waals surface area contributed by atoms with E-state index in [-0.39, 0.29) is 17.9 Å². The van der Waals surface area contributed by atoms with Gasteiger partial charge in [-0.3, -0.25) is 14.9 Å². The van der Waals surface area contributed by atoms with Gasteiger partial charge >= 0.3 is 6.03 Å². The summed E-state index contributed by atoms with van der Waals surface area (Å²) < 4.78 is 13.7. The standard InChI is InChI=1S/C31H21Br2ClN2O5/c32-22-5-1-19(2-6-22)17-40-26-12-10-25(11-13-26)36-30(38)27(29(37)35-31(36)39)16-21-15-24(34)9-14-28(21)41-18-20-3-7-23(33)8-4-20/h1-16H,17-18H2,(H,35,37,39)/b27-16+. The Bertz CT molecular complexity index is 1640. The zero-order valence-electron chi connectivity index (χ0n) is 21.3. The van der Waals surface area contributed by atoms with Gasteiger partial charge in [-0.15, -0.1) is 0 Å². The van der Waals surface area contributed by atoms with Crippen LogP contribution in [0.4, 0.5) is 10.5 Å². The summed E-state index contributed by atoms with van der Waals surface area (Å²) in [5.74, 6) is -0.619. The topological polar surface area (TPSA) is 84.9 Å². The molecule has 5 rings (SSSR count). The van der Waals surface area contributed by atoms with Crippen LogP contribution in [-0.2, 0) is 22.8 Å². The van der Waals surface area contributed by atoms with E-state index < -0.39 is 17.8 Å². The zero-order valence-corrected chi connectivity index (χ0v) is 25.2. The molecule has 10 heteroatoms. The molecule has 1 N–H and O–H groups in total. The van der Waals surface area contributed by atoms with Gasteiger partial charge in [-0.25, -0.2) is 9.69 Å². The Balaban J connectivity index is 1.35. The number of ether oxygens (including phenoxy) is 2. The molecule has 4 aromatic carbocycles. The first kappa shape index (κ1) is 28.6. The summed E-state index contributed by atoms with van der Waals surface area (Å²) >= 11 is 13.0. The number of nitrogens with one attached hydrogen (secondary N) is 1. The average molecular weight is 697 g/mol. The van der Waals surface area contributed by atoms with Crippen molar-refractivity contribution in [3.8, 4) is 11.5 Å². The maximum Gasteiger partial charge on any atom is 0.335 e. The third kappa shape index (κ3) is 7.05. The van der Waals surface area contributed by atoms with Crippen LogP contribution in [0.25, 0.3) is 6.08 Å². The molecule has 4 aromatic rings. The highest BCUT2D eigenvalue weighted by Gasteiger charge is 2.37. The van der Waals surface area contributed by atoms with Crippen LogP contribution >= 0.6 is 43.5 Å². The molecule has 0 spiro atoms. The van der Waals surface area contributed by atoms with E-state index in [0.29, 0.717) is 28.7 Å². The molecule has 1 aliphatic rings. The lowest BCUT2D eigenvalue weighted by atomic mass is 10.1. The number of anilines is 1. The van der Waals surface area contributed by atoms with E-state index >= 15 is 0 Å². The van der Waals surface area contributed by atoms with Crippen LogP contribution in [0.2, 0.25) is 5.02 Å². The molecule has 7 nitrogen and oxygen atoms in total. The average Bonchev–Trinajstić information content (AvgIpc) is 2.96. The van der Waals surface area contributed by atoms with Crippen LogP contribution in [0.15, 0.2) is 106 Å². The monoisotopic (exact) mass is 694 g/mol. The number of rotatable bonds is 8. The normalized spacial score (nSPS) is 14.3. The predicted octanol–water partition coefficient (Wildman–Crippen LogP) is 7.69. The molecule has 0 bridgehead atoms. The number of carbonyl (C=O) groups is 3. The minimum absolute atomic E-state index is 0.240. The predicted molar refractivity (Wildman–Crippen MR) is 164 cm³/mol. The number of barbiturate groups is 1. The summed E-state index contributed by atoms with van der Waals surface area (Å²) in [6, 6.07) is 25.9. The van der Waals surface area contributed by atoms with E-state index in [4.69, 9.17) is 21.1 Å². The molecule has 206 valence electrons. The van der Waals surface area contributed by atoms with Gasteiger partial charge in [-0.05, 0) is 83.9 Å². The molecule has 1 aliphatic heterocycles. The van der Waals surface area contributed by atoms with E-state index in [0.717, 1.165) is 25.0 Å². The summed E-state index contributed by atoms with van der Waals surface area (Å²) in [6.45, 7) is 0.606. The van der Waals surface area contributed by atoms with Crippen LogP contribution in [0.3, 0.4) is 0 Å². The molecule has 0 atom stereocenters. The Labute approximate surface area is 258 Å². The lowest BCUT2D eigenvalue weighted by Gasteiger charge is -2.26. The van der Waals surface area contributed by atoms with E-state index in [1.807, 2.05) is 48.5 Å². The van der Waals surface area contributed by atoms with Crippen molar-refractivity contribution in [1.29, 1.82) is 0 Å². The second kappa shape index (κ2) is 12.7. The van der Waals surface area contributed by atoms with E-state index in [1.54, 1.807) is 42.5 Å². The lowest BCUT2D eigenvalue weighted by Crippen LogP contribution is -2.54. The number of hydrogen-bond donors (Lipinski definition) is 1. The molecule has 1 saturated heterocycles. The highest BCUT2D eigenvalue weighted by atomic mass is 79.9. The molecule has 4 amide bonds. The molecular formula is C31H21Br2ClN2O5. The minimum atomic E-state index is -0.849. The second-order valence-corrected chi connectivity index (χ2v) is 11.2. The van der Waals surface area contributed by atoms with E-state index in [1.165, 1.54) is 6.08 Å². The van der Waals surface area contributed by atoms with Gasteiger partial charge in [0.15, 0.2) is 0 Å². The fraction of sp³-hybridized carbons (Fsp3) is 0.0645. The lowest BCUT2D eigenvalue weighted by molar-refractivity contribution is -0.122. The summed E-state index contributed by atoms with van der Waals surface area (Å²) in [5, 5.41) is 2.63. The highest BCUT2D eigenvalue weighted by Crippen LogP contribution is 2.29. The number of benzene rings is 4. The largest absolute Gasteiger partial charge is 0.489 e. The number of carbonyl (C=O) groups excluding carboxylic acids is 3. The molecule has 41 heavy (non-hydrogen) atoms. The Kier molecular flexibility index (Phi) is 8.87. The van der Waals surface area contributed by atoms with Gasteiger partial charge in [0.2, 0.25) is 0 Å². The van der Waals surface area contributed by atoms with Gasteiger partial charge in [0, 0.05) is 19.5 Å². The van der Waals surface area contributed by atoms with Crippen LogP contribution in [0.1, 0.15) is 16.7 Å². The fourth-order valence-corrected chi connectivity index (χ4v) is 4.70. The van der Waals surface area contributed by atoms with Crippen molar-refractivity contribution in [2.75, 3.05) is 4.90 Å². The number of amides is 4. The first-order valence-corrected chi connectivity index (χ1v) is 14.3. The van der Waals surface area contributed by atoms with Gasteiger partial charge in [-0.2, -0.15) is 0 Å². The smallest absolute Gasteiger partial charge is 0.335 e. The van der Waals surface area contributed by atoms with Crippen molar-refractivity contribution in [3.63, 3.8) is 0 Å². The van der Waals surface area contributed by atoms with Crippen LogP contribution in [-0.4, -0.2) is 17.8 Å². The van der Waals surface area contributed by atoms with Gasteiger partial charge in [0.05, 0.1) is 5.69 Å². The third-order valence-corrected chi connectivity index (χ3v) is 7.39. The van der Waals surface area contributed by atoms with Gasteiger partial charge in [-0.1, -0.05) is 67.7 Å². The fourth-order valence-electron chi connectivity index (χ4n) is 3.99. The molecular weight excluding hydrogens is 676 g/mol. The molecule has 1 heterocycles. The zero-order chi connectivity index (χ0) is 28.9. The van der Waals surface area contributed by atoms with Crippen molar-refractivity contribution in [2.45, 2.75) is 13.2 Å². The van der Waals surface area contributed by atoms with Crippen molar-refractivity contribution < 1.29 is 23.9 Å². The number of nitrogens with zero attached hydrogens (tertiary/aromatic N) is 1. The quantitative estimate of drug-likeness (QED) is 0.151. The number of urea groups is 1. The van der Waals surface area contributed by atoms with Gasteiger partial charge in [0.25, 0.3) is 11.8 Å². The second-order valence-electron chi connectivity index (χ2n) is 8.96. The SMILES string of the molecule is O=C1NC(=O)N(c2ccc(OCc3ccc(Br)cc3)cc2)C(=O)/C1=C/c1cc(Cl)ccc1OCc1ccc(Br)cc1. The summed E-state index contributed by atoms with van der Waals surface area (Å²) in [4.78, 5) is 39.8. The summed E-state index contributed by atoms with van der Waals surface area (Å²) in [5.41, 5.74) is 2.36. The Hall–Kier alpha value is -3.92. The maximum absolute atomic E-state index is 13.4. The van der Waals surface area contributed by atoms with Crippen molar-refractivity contribution in [3.05, 3.63) is 127 Å². The summed E-state index contributed by atoms with van der Waals surface area (Å²) in [7, 11) is 0. The third-order valence-electron chi connectivity index (χ3n) is 6.09. The molecule has 0 aromatic heterocycles. The molecule has 1 fully saturated rings. The Morgan fingerprint density at radius 1 is 0.756 bits per heavy atom. The highest BCUT2D eigenvalue weighted by molar-refractivity contribution is 9.10. The first-order valence-electron chi connectivity index (χ1n) is 12.3. The molecule has 0 radical (unpaired) electrons. The summed E-state index contributed by atoms with van der Waals surface area (Å²) in [6.07, 6.45) is 1.37. The van der Waals surface area contributed by atoms with Crippen molar-refractivity contribution in [1.82, 2.24) is 5.32 Å². The Morgan fingerprint density at radius 2 is 1.34 bits per heavy atom. The van der Waals surface area contributed by atoms with Crippen molar-refractivity contribution in [2.24, 2.45) is 0 Å². The number of imide groups is 2. The Morgan fingerprint density at radius 3 is 1.95 bits per heavy atom. The minimum Gasteiger partial charge on any atom is -0.489 e. The molecule has 0 unspecified atom stereocenters.